The number of rotatable bonds is 3. The summed E-state index contributed by atoms with van der Waals surface area (Å²) in [5, 5.41) is 15.9. The van der Waals surface area contributed by atoms with Crippen molar-refractivity contribution in [2.75, 3.05) is 5.32 Å². The molecule has 1 aromatic carbocycles. The smallest absolute Gasteiger partial charge is 0.269 e. The highest BCUT2D eigenvalue weighted by Gasteiger charge is 2.29. The number of hydrogen-bond donors (Lipinski definition) is 3. The van der Waals surface area contributed by atoms with E-state index in [1.807, 2.05) is 0 Å². The first-order chi connectivity index (χ1) is 8.70. The first-order valence-corrected chi connectivity index (χ1v) is 6.38. The Morgan fingerprint density at radius 1 is 1.37 bits per heavy atom. The molecule has 0 aromatic heterocycles. The second-order valence-electron chi connectivity index (χ2n) is 3.42. The molecular weight excluding hydrogens is 335 g/mol. The molecule has 0 spiro atoms. The number of benzene rings is 1. The van der Waals surface area contributed by atoms with Gasteiger partial charge >= 0.3 is 0 Å². The zero-order valence-electron chi connectivity index (χ0n) is 9.27. The highest BCUT2D eigenvalue weighted by molar-refractivity contribution is 7.80. The van der Waals surface area contributed by atoms with Gasteiger partial charge < -0.3 is 16.4 Å². The van der Waals surface area contributed by atoms with Gasteiger partial charge in [0.2, 0.25) is 3.79 Å². The van der Waals surface area contributed by atoms with Gasteiger partial charge in [-0.2, -0.15) is 0 Å². The second kappa shape index (κ2) is 6.53. The molecular formula is C9H9Cl3N4O2S. The van der Waals surface area contributed by atoms with Crippen molar-refractivity contribution in [1.82, 2.24) is 5.32 Å². The molecule has 0 heterocycles. The molecule has 0 radical (unpaired) electrons. The molecule has 1 unspecified atom stereocenters. The quantitative estimate of drug-likeness (QED) is 0.257. The topological polar surface area (TPSA) is 93.2 Å². The summed E-state index contributed by atoms with van der Waals surface area (Å²) in [5.74, 6) is 0. The molecule has 0 saturated heterocycles. The van der Waals surface area contributed by atoms with Crippen molar-refractivity contribution in [1.29, 1.82) is 0 Å². The monoisotopic (exact) mass is 342 g/mol. The molecule has 1 rings (SSSR count). The number of anilines is 1. The number of nitro groups is 1. The van der Waals surface area contributed by atoms with Crippen molar-refractivity contribution in [3.8, 4) is 0 Å². The number of nitrogens with two attached hydrogens (primary N) is 1. The fraction of sp³-hybridized carbons (Fsp3) is 0.222. The van der Waals surface area contributed by atoms with Crippen LogP contribution in [0.1, 0.15) is 0 Å². The first kappa shape index (κ1) is 16.2. The fourth-order valence-corrected chi connectivity index (χ4v) is 1.47. The van der Waals surface area contributed by atoms with Crippen LogP contribution in [-0.4, -0.2) is 20.0 Å². The van der Waals surface area contributed by atoms with E-state index in [0.717, 1.165) is 0 Å². The zero-order chi connectivity index (χ0) is 14.6. The number of alkyl halides is 3. The second-order valence-corrected chi connectivity index (χ2v) is 6.20. The van der Waals surface area contributed by atoms with E-state index in [4.69, 9.17) is 52.8 Å². The highest BCUT2D eigenvalue weighted by Crippen LogP contribution is 2.27. The summed E-state index contributed by atoms with van der Waals surface area (Å²) < 4.78 is -1.71. The van der Waals surface area contributed by atoms with Gasteiger partial charge in [-0.1, -0.05) is 34.8 Å². The van der Waals surface area contributed by atoms with E-state index in [1.54, 1.807) is 0 Å². The van der Waals surface area contributed by atoms with Crippen molar-refractivity contribution in [3.05, 3.63) is 34.4 Å². The van der Waals surface area contributed by atoms with Gasteiger partial charge in [0, 0.05) is 17.8 Å². The predicted molar refractivity (Wildman–Crippen MR) is 80.7 cm³/mol. The Hall–Kier alpha value is -0.860. The molecule has 1 aromatic rings. The molecule has 0 saturated carbocycles. The van der Waals surface area contributed by atoms with Gasteiger partial charge in [-0.25, -0.2) is 0 Å². The van der Waals surface area contributed by atoms with Crippen LogP contribution < -0.4 is 16.4 Å². The molecule has 19 heavy (non-hydrogen) atoms. The maximum absolute atomic E-state index is 10.5. The van der Waals surface area contributed by atoms with Gasteiger partial charge in [0.1, 0.15) is 6.17 Å². The van der Waals surface area contributed by atoms with Gasteiger partial charge in [-0.05, 0) is 24.4 Å². The van der Waals surface area contributed by atoms with E-state index < -0.39 is 14.9 Å². The predicted octanol–water partition coefficient (Wildman–Crippen LogP) is 2.54. The molecule has 0 aliphatic carbocycles. The minimum Gasteiger partial charge on any atom is -0.343 e. The van der Waals surface area contributed by atoms with Gasteiger partial charge in [-0.15, -0.1) is 0 Å². The molecule has 4 N–H and O–H groups in total. The molecule has 1 atom stereocenters. The van der Waals surface area contributed by atoms with Crippen LogP contribution >= 0.6 is 47.0 Å². The van der Waals surface area contributed by atoms with Crippen LogP contribution in [0.15, 0.2) is 24.3 Å². The average molecular weight is 344 g/mol. The lowest BCUT2D eigenvalue weighted by Crippen LogP contribution is -2.51. The number of nitro benzene ring substituents is 1. The third-order valence-corrected chi connectivity index (χ3v) is 2.90. The molecule has 104 valence electrons. The van der Waals surface area contributed by atoms with Crippen LogP contribution in [0.2, 0.25) is 0 Å². The molecule has 6 nitrogen and oxygen atoms in total. The minimum absolute atomic E-state index is 0.0255. The normalized spacial score (nSPS) is 12.6. The van der Waals surface area contributed by atoms with Crippen molar-refractivity contribution < 1.29 is 4.92 Å². The molecule has 10 heteroatoms. The number of nitrogens with one attached hydrogen (secondary N) is 2. The average Bonchev–Trinajstić information content (AvgIpc) is 2.28. The standard InChI is InChI=1S/C9H9Cl3N4O2S/c10-9(11,12)7(13)15-8(19)14-5-1-3-6(4-2-5)16(17)18/h1-4,7H,13H2,(H2,14,15,19). The van der Waals surface area contributed by atoms with E-state index in [-0.39, 0.29) is 10.8 Å². The Balaban J connectivity index is 2.60. The summed E-state index contributed by atoms with van der Waals surface area (Å²) in [7, 11) is 0. The van der Waals surface area contributed by atoms with E-state index in [1.165, 1.54) is 24.3 Å². The van der Waals surface area contributed by atoms with Gasteiger partial charge in [-0.3, -0.25) is 10.1 Å². The number of hydrogen-bond acceptors (Lipinski definition) is 4. The molecule has 0 aliphatic rings. The van der Waals surface area contributed by atoms with Crippen LogP contribution in [0.25, 0.3) is 0 Å². The summed E-state index contributed by atoms with van der Waals surface area (Å²) in [5.41, 5.74) is 6.06. The minimum atomic E-state index is -1.71. The Labute approximate surface area is 129 Å². The lowest BCUT2D eigenvalue weighted by Gasteiger charge is -2.22. The van der Waals surface area contributed by atoms with Crippen LogP contribution in [0.3, 0.4) is 0 Å². The lowest BCUT2D eigenvalue weighted by atomic mass is 10.3. The Morgan fingerprint density at radius 2 is 1.89 bits per heavy atom. The third kappa shape index (κ3) is 5.33. The summed E-state index contributed by atoms with van der Waals surface area (Å²) >= 11 is 21.7. The van der Waals surface area contributed by atoms with Gasteiger partial charge in [0.15, 0.2) is 5.11 Å². The van der Waals surface area contributed by atoms with Crippen LogP contribution in [0, 0.1) is 10.1 Å². The fourth-order valence-electron chi connectivity index (χ4n) is 1.06. The zero-order valence-corrected chi connectivity index (χ0v) is 12.4. The van der Waals surface area contributed by atoms with Crippen molar-refractivity contribution in [2.45, 2.75) is 9.96 Å². The summed E-state index contributed by atoms with van der Waals surface area (Å²) in [6.45, 7) is 0. The van der Waals surface area contributed by atoms with Crippen molar-refractivity contribution >= 4 is 63.5 Å². The first-order valence-electron chi connectivity index (χ1n) is 4.84. The molecule has 0 aliphatic heterocycles. The summed E-state index contributed by atoms with van der Waals surface area (Å²) in [4.78, 5) is 9.98. The Kier molecular flexibility index (Phi) is 5.57. The maximum Gasteiger partial charge on any atom is 0.269 e. The van der Waals surface area contributed by atoms with Gasteiger partial charge in [0.25, 0.3) is 5.69 Å². The molecule has 0 bridgehead atoms. The summed E-state index contributed by atoms with van der Waals surface area (Å²) in [6, 6.07) is 5.65. The lowest BCUT2D eigenvalue weighted by molar-refractivity contribution is -0.384. The number of non-ortho nitro benzene ring substituents is 1. The van der Waals surface area contributed by atoms with E-state index in [9.17, 15) is 10.1 Å². The van der Waals surface area contributed by atoms with E-state index in [2.05, 4.69) is 10.6 Å². The SMILES string of the molecule is NC(NC(=S)Nc1ccc([N+](=O)[O-])cc1)C(Cl)(Cl)Cl. The number of nitrogens with zero attached hydrogens (tertiary/aromatic N) is 1. The van der Waals surface area contributed by atoms with Gasteiger partial charge in [0.05, 0.1) is 4.92 Å². The van der Waals surface area contributed by atoms with E-state index >= 15 is 0 Å². The highest BCUT2D eigenvalue weighted by atomic mass is 35.6. The van der Waals surface area contributed by atoms with Crippen molar-refractivity contribution in [3.63, 3.8) is 0 Å². The third-order valence-electron chi connectivity index (χ3n) is 1.98. The summed E-state index contributed by atoms with van der Waals surface area (Å²) in [6.07, 6.45) is -0.990. The number of thiocarbonyl (C=S) groups is 1. The van der Waals surface area contributed by atoms with Crippen LogP contribution in [0.5, 0.6) is 0 Å². The van der Waals surface area contributed by atoms with Crippen LogP contribution in [0.4, 0.5) is 11.4 Å². The molecule has 0 amide bonds. The Bertz CT molecular complexity index is 477. The van der Waals surface area contributed by atoms with Crippen molar-refractivity contribution in [2.24, 2.45) is 5.73 Å². The Morgan fingerprint density at radius 3 is 2.32 bits per heavy atom. The van der Waals surface area contributed by atoms with Crippen LogP contribution in [-0.2, 0) is 0 Å². The number of halogens is 3. The maximum atomic E-state index is 10.5. The molecule has 0 fully saturated rings. The van der Waals surface area contributed by atoms with E-state index in [0.29, 0.717) is 5.69 Å². The largest absolute Gasteiger partial charge is 0.343 e.